The summed E-state index contributed by atoms with van der Waals surface area (Å²) in [5.74, 6) is 0. The maximum absolute atomic E-state index is 5.62. The molecule has 0 aromatic carbocycles. The Hall–Kier alpha value is -1.13. The second-order valence-corrected chi connectivity index (χ2v) is 3.90. The second-order valence-electron chi connectivity index (χ2n) is 3.90. The van der Waals surface area contributed by atoms with Crippen molar-refractivity contribution in [2.75, 3.05) is 24.6 Å². The average molecular weight is 207 g/mol. The van der Waals surface area contributed by atoms with E-state index in [1.807, 2.05) is 24.5 Å². The van der Waals surface area contributed by atoms with Gasteiger partial charge in [0.1, 0.15) is 0 Å². The normalized spacial score (nSPS) is 26.7. The quantitative estimate of drug-likeness (QED) is 0.773. The molecule has 1 aliphatic heterocycles. The van der Waals surface area contributed by atoms with Crippen molar-refractivity contribution in [1.29, 1.82) is 0 Å². The van der Waals surface area contributed by atoms with Gasteiger partial charge in [0, 0.05) is 37.2 Å². The Labute approximate surface area is 90.0 Å². The molecule has 2 rings (SSSR count). The summed E-state index contributed by atoms with van der Waals surface area (Å²) in [6.07, 6.45) is 3.78. The van der Waals surface area contributed by atoms with Gasteiger partial charge in [0.25, 0.3) is 0 Å². The van der Waals surface area contributed by atoms with E-state index >= 15 is 0 Å². The lowest BCUT2D eigenvalue weighted by molar-refractivity contribution is 0.0283. The monoisotopic (exact) mass is 207 g/mol. The third kappa shape index (κ3) is 2.27. The number of morpholine rings is 1. The number of aromatic nitrogens is 1. The van der Waals surface area contributed by atoms with Crippen molar-refractivity contribution >= 4 is 5.69 Å². The molecule has 1 fully saturated rings. The van der Waals surface area contributed by atoms with E-state index in [9.17, 15) is 0 Å². The predicted molar refractivity (Wildman–Crippen MR) is 59.8 cm³/mol. The first kappa shape index (κ1) is 10.4. The van der Waals surface area contributed by atoms with E-state index in [-0.39, 0.29) is 6.10 Å². The van der Waals surface area contributed by atoms with Crippen molar-refractivity contribution in [2.24, 2.45) is 5.73 Å². The highest BCUT2D eigenvalue weighted by Gasteiger charge is 2.25. The summed E-state index contributed by atoms with van der Waals surface area (Å²) < 4.78 is 5.61. The van der Waals surface area contributed by atoms with Gasteiger partial charge in [-0.1, -0.05) is 0 Å². The van der Waals surface area contributed by atoms with Crippen LogP contribution in [0.2, 0.25) is 0 Å². The summed E-state index contributed by atoms with van der Waals surface area (Å²) >= 11 is 0. The van der Waals surface area contributed by atoms with Crippen LogP contribution >= 0.6 is 0 Å². The van der Waals surface area contributed by atoms with Crippen molar-refractivity contribution in [3.63, 3.8) is 0 Å². The minimum Gasteiger partial charge on any atom is -0.373 e. The molecular formula is C11H17N3O. The minimum absolute atomic E-state index is 0.148. The van der Waals surface area contributed by atoms with Gasteiger partial charge in [-0.2, -0.15) is 0 Å². The number of nitrogens with zero attached hydrogens (tertiary/aromatic N) is 2. The average Bonchev–Trinajstić information content (AvgIpc) is 2.31. The molecule has 0 aliphatic carbocycles. The van der Waals surface area contributed by atoms with E-state index in [0.717, 1.165) is 13.2 Å². The predicted octanol–water partition coefficient (Wildman–Crippen LogP) is 0.634. The molecule has 4 heteroatoms. The number of hydrogen-bond donors (Lipinski definition) is 1. The Morgan fingerprint density at radius 1 is 1.53 bits per heavy atom. The molecule has 1 aromatic heterocycles. The van der Waals surface area contributed by atoms with E-state index in [2.05, 4.69) is 16.8 Å². The van der Waals surface area contributed by atoms with Crippen LogP contribution in [0.3, 0.4) is 0 Å². The maximum atomic E-state index is 5.62. The van der Waals surface area contributed by atoms with Crippen LogP contribution in [-0.4, -0.2) is 36.8 Å². The third-order valence-electron chi connectivity index (χ3n) is 2.76. The van der Waals surface area contributed by atoms with Gasteiger partial charge in [0.2, 0.25) is 0 Å². The molecule has 1 saturated heterocycles. The largest absolute Gasteiger partial charge is 0.373 e. The van der Waals surface area contributed by atoms with Crippen LogP contribution in [0.4, 0.5) is 5.69 Å². The van der Waals surface area contributed by atoms with Gasteiger partial charge in [0.05, 0.1) is 12.7 Å². The van der Waals surface area contributed by atoms with Crippen LogP contribution in [0.25, 0.3) is 0 Å². The topological polar surface area (TPSA) is 51.4 Å². The molecule has 2 N–H and O–H groups in total. The third-order valence-corrected chi connectivity index (χ3v) is 2.76. The summed E-state index contributed by atoms with van der Waals surface area (Å²) in [5.41, 5.74) is 6.82. The highest BCUT2D eigenvalue weighted by atomic mass is 16.5. The van der Waals surface area contributed by atoms with Crippen LogP contribution in [0.15, 0.2) is 24.5 Å². The first-order chi connectivity index (χ1) is 7.31. The van der Waals surface area contributed by atoms with Gasteiger partial charge in [-0.05, 0) is 19.1 Å². The fourth-order valence-corrected chi connectivity index (χ4v) is 1.86. The van der Waals surface area contributed by atoms with E-state index in [1.54, 1.807) is 0 Å². The first-order valence-electron chi connectivity index (χ1n) is 5.29. The summed E-state index contributed by atoms with van der Waals surface area (Å²) in [7, 11) is 0. The van der Waals surface area contributed by atoms with Crippen molar-refractivity contribution in [3.8, 4) is 0 Å². The molecule has 2 unspecified atom stereocenters. The minimum atomic E-state index is 0.148. The Balaban J connectivity index is 2.13. The van der Waals surface area contributed by atoms with Crippen molar-refractivity contribution in [3.05, 3.63) is 24.5 Å². The fraction of sp³-hybridized carbons (Fsp3) is 0.545. The zero-order valence-electron chi connectivity index (χ0n) is 8.97. The molecule has 0 spiro atoms. The van der Waals surface area contributed by atoms with E-state index in [0.29, 0.717) is 12.6 Å². The van der Waals surface area contributed by atoms with Crippen LogP contribution in [-0.2, 0) is 4.74 Å². The van der Waals surface area contributed by atoms with Gasteiger partial charge >= 0.3 is 0 Å². The molecule has 0 radical (unpaired) electrons. The molecule has 0 saturated carbocycles. The first-order valence-corrected chi connectivity index (χ1v) is 5.29. The highest BCUT2D eigenvalue weighted by molar-refractivity contribution is 5.46. The fourth-order valence-electron chi connectivity index (χ4n) is 1.86. The lowest BCUT2D eigenvalue weighted by atomic mass is 10.1. The van der Waals surface area contributed by atoms with Crippen molar-refractivity contribution in [2.45, 2.75) is 19.1 Å². The molecule has 2 heterocycles. The zero-order chi connectivity index (χ0) is 10.7. The van der Waals surface area contributed by atoms with Gasteiger partial charge in [-0.3, -0.25) is 4.98 Å². The number of hydrogen-bond acceptors (Lipinski definition) is 4. The summed E-state index contributed by atoms with van der Waals surface area (Å²) in [5, 5.41) is 0. The van der Waals surface area contributed by atoms with E-state index in [1.165, 1.54) is 5.69 Å². The lowest BCUT2D eigenvalue weighted by Crippen LogP contribution is -2.50. The van der Waals surface area contributed by atoms with Crippen molar-refractivity contribution < 1.29 is 4.74 Å². The molecule has 2 atom stereocenters. The Morgan fingerprint density at radius 2 is 2.27 bits per heavy atom. The summed E-state index contributed by atoms with van der Waals surface area (Å²) in [6.45, 7) is 4.34. The molecule has 15 heavy (non-hydrogen) atoms. The Bertz CT molecular complexity index is 304. The van der Waals surface area contributed by atoms with Crippen molar-refractivity contribution in [1.82, 2.24) is 4.98 Å². The van der Waals surface area contributed by atoms with Crippen LogP contribution < -0.4 is 10.6 Å². The number of nitrogens with two attached hydrogens (primary N) is 1. The van der Waals surface area contributed by atoms with Gasteiger partial charge in [0.15, 0.2) is 0 Å². The van der Waals surface area contributed by atoms with E-state index in [4.69, 9.17) is 10.5 Å². The lowest BCUT2D eigenvalue weighted by Gasteiger charge is -2.39. The molecule has 82 valence electrons. The van der Waals surface area contributed by atoms with Crippen LogP contribution in [0.1, 0.15) is 6.92 Å². The van der Waals surface area contributed by atoms with E-state index < -0.39 is 0 Å². The van der Waals surface area contributed by atoms with Gasteiger partial charge in [-0.15, -0.1) is 0 Å². The zero-order valence-corrected chi connectivity index (χ0v) is 8.97. The summed E-state index contributed by atoms with van der Waals surface area (Å²) in [6, 6.07) is 4.44. The molecule has 0 bridgehead atoms. The van der Waals surface area contributed by atoms with Gasteiger partial charge in [-0.25, -0.2) is 0 Å². The maximum Gasteiger partial charge on any atom is 0.0872 e. The standard InChI is InChI=1S/C11H17N3O/c1-9-8-15-11(6-12)7-14(9)10-2-4-13-5-3-10/h2-5,9,11H,6-8,12H2,1H3. The Kier molecular flexibility index (Phi) is 3.18. The molecule has 0 amide bonds. The van der Waals surface area contributed by atoms with Crippen LogP contribution in [0.5, 0.6) is 0 Å². The molecule has 1 aromatic rings. The van der Waals surface area contributed by atoms with Gasteiger partial charge < -0.3 is 15.4 Å². The SMILES string of the molecule is CC1COC(CN)CN1c1ccncc1. The number of rotatable bonds is 2. The smallest absolute Gasteiger partial charge is 0.0872 e. The molecule has 1 aliphatic rings. The second kappa shape index (κ2) is 4.59. The highest BCUT2D eigenvalue weighted by Crippen LogP contribution is 2.20. The number of anilines is 1. The summed E-state index contributed by atoms with van der Waals surface area (Å²) in [4.78, 5) is 6.34. The number of ether oxygens (including phenoxy) is 1. The molecule has 4 nitrogen and oxygen atoms in total. The Morgan fingerprint density at radius 3 is 2.93 bits per heavy atom. The number of pyridine rings is 1. The molecular weight excluding hydrogens is 190 g/mol. The van der Waals surface area contributed by atoms with Crippen LogP contribution in [0, 0.1) is 0 Å².